The zero-order chi connectivity index (χ0) is 17.0. The number of carbonyl (C=O) groups is 1. The summed E-state index contributed by atoms with van der Waals surface area (Å²) in [5.41, 5.74) is 0.950. The van der Waals surface area contributed by atoms with Crippen molar-refractivity contribution in [1.82, 2.24) is 10.2 Å². The molecule has 5 nitrogen and oxygen atoms in total. The van der Waals surface area contributed by atoms with Crippen molar-refractivity contribution in [2.45, 2.75) is 25.4 Å². The van der Waals surface area contributed by atoms with E-state index in [4.69, 9.17) is 21.7 Å². The Morgan fingerprint density at radius 1 is 1.35 bits per heavy atom. The number of methoxy groups -OCH3 is 2. The summed E-state index contributed by atoms with van der Waals surface area (Å²) in [5.74, 6) is 2.26. The molecule has 0 bridgehead atoms. The minimum absolute atomic E-state index is 0.0336. The molecule has 1 aromatic carbocycles. The molecule has 0 spiro atoms. The quantitative estimate of drug-likeness (QED) is 0.760. The molecule has 0 aliphatic carbocycles. The van der Waals surface area contributed by atoms with Crippen LogP contribution in [-0.2, 0) is 4.79 Å². The maximum absolute atomic E-state index is 12.6. The molecule has 0 saturated carbocycles. The average molecular weight is 354 g/mol. The summed E-state index contributed by atoms with van der Waals surface area (Å²) in [4.78, 5) is 14.3. The molecule has 1 saturated heterocycles. The molecule has 1 fully saturated rings. The monoisotopic (exact) mass is 354 g/mol. The van der Waals surface area contributed by atoms with E-state index in [0.717, 1.165) is 17.7 Å². The van der Waals surface area contributed by atoms with Gasteiger partial charge in [0.05, 0.1) is 20.3 Å². The predicted molar refractivity (Wildman–Crippen MR) is 97.3 cm³/mol. The van der Waals surface area contributed by atoms with Crippen LogP contribution in [0.1, 0.15) is 24.9 Å². The van der Waals surface area contributed by atoms with E-state index in [9.17, 15) is 4.79 Å². The third-order valence-corrected chi connectivity index (χ3v) is 4.90. The Kier molecular flexibility index (Phi) is 6.12. The van der Waals surface area contributed by atoms with Crippen LogP contribution in [0, 0.1) is 0 Å². The lowest BCUT2D eigenvalue weighted by Crippen LogP contribution is -2.34. The van der Waals surface area contributed by atoms with Crippen molar-refractivity contribution in [3.8, 4) is 11.5 Å². The van der Waals surface area contributed by atoms with Gasteiger partial charge in [-0.05, 0) is 55.3 Å². The lowest BCUT2D eigenvalue weighted by atomic mass is 10.1. The van der Waals surface area contributed by atoms with Gasteiger partial charge in [0.25, 0.3) is 5.91 Å². The number of nitrogens with zero attached hydrogens (tertiary/aromatic N) is 1. The van der Waals surface area contributed by atoms with Crippen LogP contribution < -0.4 is 14.8 Å². The Hall–Kier alpha value is -1.47. The van der Waals surface area contributed by atoms with E-state index in [1.807, 2.05) is 31.4 Å². The smallest absolute Gasteiger partial charge is 0.251 e. The zero-order valence-electron chi connectivity index (χ0n) is 13.8. The highest BCUT2D eigenvalue weighted by atomic mass is 32.2. The third kappa shape index (κ3) is 3.72. The summed E-state index contributed by atoms with van der Waals surface area (Å²) in [7, 11) is 3.19. The van der Waals surface area contributed by atoms with E-state index in [1.165, 1.54) is 0 Å². The fraction of sp³-hybridized carbons (Fsp3) is 0.500. The van der Waals surface area contributed by atoms with Gasteiger partial charge >= 0.3 is 0 Å². The first-order valence-corrected chi connectivity index (χ1v) is 9.18. The number of ether oxygens (including phenoxy) is 2. The van der Waals surface area contributed by atoms with Crippen LogP contribution in [0.2, 0.25) is 0 Å². The number of hydrogen-bond donors (Lipinski definition) is 1. The first-order valence-electron chi connectivity index (χ1n) is 7.37. The molecule has 23 heavy (non-hydrogen) atoms. The van der Waals surface area contributed by atoms with Gasteiger partial charge in [0.1, 0.15) is 6.04 Å². The van der Waals surface area contributed by atoms with Gasteiger partial charge in [-0.25, -0.2) is 0 Å². The molecule has 2 rings (SSSR count). The summed E-state index contributed by atoms with van der Waals surface area (Å²) >= 11 is 7.08. The van der Waals surface area contributed by atoms with Gasteiger partial charge in [0.15, 0.2) is 16.6 Å². The molecular formula is C16H22N2O3S2. The van der Waals surface area contributed by atoms with Crippen LogP contribution in [0.3, 0.4) is 0 Å². The lowest BCUT2D eigenvalue weighted by Gasteiger charge is -2.24. The van der Waals surface area contributed by atoms with Crippen molar-refractivity contribution in [2.24, 2.45) is 0 Å². The van der Waals surface area contributed by atoms with E-state index in [-0.39, 0.29) is 18.0 Å². The van der Waals surface area contributed by atoms with Crippen LogP contribution in [-0.4, -0.2) is 48.2 Å². The van der Waals surface area contributed by atoms with E-state index >= 15 is 0 Å². The van der Waals surface area contributed by atoms with Gasteiger partial charge in [0, 0.05) is 0 Å². The fourth-order valence-electron chi connectivity index (χ4n) is 2.61. The van der Waals surface area contributed by atoms with Gasteiger partial charge in [0.2, 0.25) is 0 Å². The Morgan fingerprint density at radius 3 is 2.65 bits per heavy atom. The molecule has 2 atom stereocenters. The molecule has 1 aromatic rings. The van der Waals surface area contributed by atoms with Crippen molar-refractivity contribution in [3.05, 3.63) is 23.8 Å². The number of amides is 1. The molecule has 1 aliphatic rings. The molecule has 0 radical (unpaired) electrons. The fourth-order valence-corrected chi connectivity index (χ4v) is 3.47. The zero-order valence-corrected chi connectivity index (χ0v) is 15.4. The summed E-state index contributed by atoms with van der Waals surface area (Å²) in [6, 6.07) is 5.26. The molecular weight excluding hydrogens is 332 g/mol. The van der Waals surface area contributed by atoms with Crippen LogP contribution in [0.4, 0.5) is 0 Å². The van der Waals surface area contributed by atoms with Crippen molar-refractivity contribution >= 4 is 35.0 Å². The number of rotatable bonds is 7. The first-order chi connectivity index (χ1) is 11.0. The van der Waals surface area contributed by atoms with Crippen LogP contribution in [0.5, 0.6) is 11.5 Å². The molecule has 126 valence electrons. The maximum Gasteiger partial charge on any atom is 0.251 e. The SMILES string of the molecule is COc1ccc(C(C)N2C(=O)C(CCSC)NC2=S)cc1OC. The van der Waals surface area contributed by atoms with Crippen LogP contribution in [0.15, 0.2) is 18.2 Å². The second-order valence-corrected chi connectivity index (χ2v) is 6.65. The standard InChI is InChI=1S/C16H22N2O3S2/c1-10(11-5-6-13(20-2)14(9-11)21-3)18-15(19)12(7-8-23-4)17-16(18)22/h5-6,9-10,12H,7-8H2,1-4H3,(H,17,22). The van der Waals surface area contributed by atoms with Gasteiger partial charge in [-0.15, -0.1) is 0 Å². The van der Waals surface area contributed by atoms with Crippen molar-refractivity contribution in [1.29, 1.82) is 0 Å². The van der Waals surface area contributed by atoms with Gasteiger partial charge in [-0.1, -0.05) is 6.07 Å². The highest BCUT2D eigenvalue weighted by molar-refractivity contribution is 7.98. The van der Waals surface area contributed by atoms with Crippen molar-refractivity contribution in [3.63, 3.8) is 0 Å². The topological polar surface area (TPSA) is 50.8 Å². The van der Waals surface area contributed by atoms with Crippen LogP contribution >= 0.6 is 24.0 Å². The number of thioether (sulfide) groups is 1. The van der Waals surface area contributed by atoms with Gasteiger partial charge < -0.3 is 14.8 Å². The third-order valence-electron chi connectivity index (χ3n) is 3.94. The molecule has 0 aromatic heterocycles. The van der Waals surface area contributed by atoms with E-state index < -0.39 is 0 Å². The van der Waals surface area contributed by atoms with E-state index in [0.29, 0.717) is 16.6 Å². The minimum Gasteiger partial charge on any atom is -0.493 e. The maximum atomic E-state index is 12.6. The largest absolute Gasteiger partial charge is 0.493 e. The van der Waals surface area contributed by atoms with Crippen molar-refractivity contribution < 1.29 is 14.3 Å². The Bertz CT molecular complexity index is 595. The number of hydrogen-bond acceptors (Lipinski definition) is 5. The van der Waals surface area contributed by atoms with Crippen molar-refractivity contribution in [2.75, 3.05) is 26.2 Å². The molecule has 1 heterocycles. The second kappa shape index (κ2) is 7.88. The Morgan fingerprint density at radius 2 is 2.04 bits per heavy atom. The minimum atomic E-state index is -0.224. The Balaban J connectivity index is 2.21. The first kappa shape index (κ1) is 17.9. The molecule has 2 unspecified atom stereocenters. The highest BCUT2D eigenvalue weighted by Gasteiger charge is 2.38. The average Bonchev–Trinajstić information content (AvgIpc) is 2.85. The normalized spacial score (nSPS) is 18.8. The number of carbonyl (C=O) groups excluding carboxylic acids is 1. The molecule has 7 heteroatoms. The van der Waals surface area contributed by atoms with Gasteiger partial charge in [-0.3, -0.25) is 9.69 Å². The van der Waals surface area contributed by atoms with Gasteiger partial charge in [-0.2, -0.15) is 11.8 Å². The second-order valence-electron chi connectivity index (χ2n) is 5.28. The number of nitrogens with one attached hydrogen (secondary N) is 1. The molecule has 1 amide bonds. The summed E-state index contributed by atoms with van der Waals surface area (Å²) in [5, 5.41) is 3.62. The highest BCUT2D eigenvalue weighted by Crippen LogP contribution is 2.33. The Labute approximate surface area is 146 Å². The van der Waals surface area contributed by atoms with Crippen LogP contribution in [0.25, 0.3) is 0 Å². The van der Waals surface area contributed by atoms with E-state index in [1.54, 1.807) is 30.9 Å². The molecule has 1 aliphatic heterocycles. The summed E-state index contributed by atoms with van der Waals surface area (Å²) in [6.45, 7) is 1.96. The predicted octanol–water partition coefficient (Wildman–Crippen LogP) is 2.60. The van der Waals surface area contributed by atoms with E-state index in [2.05, 4.69) is 5.32 Å². The number of benzene rings is 1. The molecule has 1 N–H and O–H groups in total. The summed E-state index contributed by atoms with van der Waals surface area (Å²) < 4.78 is 10.6. The number of thiocarbonyl (C=S) groups is 1. The lowest BCUT2D eigenvalue weighted by molar-refractivity contribution is -0.128. The summed E-state index contributed by atoms with van der Waals surface area (Å²) in [6.07, 6.45) is 2.80.